The number of likely N-dealkylation sites (tertiary alicyclic amines) is 1. The number of hydrogen-bond acceptors (Lipinski definition) is 6. The first-order valence-electron chi connectivity index (χ1n) is 9.46. The Hall–Kier alpha value is -1.00. The molecule has 1 atom stereocenters. The highest BCUT2D eigenvalue weighted by molar-refractivity contribution is 7.91. The van der Waals surface area contributed by atoms with E-state index in [-0.39, 0.29) is 5.91 Å². The van der Waals surface area contributed by atoms with Crippen LogP contribution in [0.2, 0.25) is 0 Å². The first-order valence-corrected chi connectivity index (χ1v) is 11.8. The summed E-state index contributed by atoms with van der Waals surface area (Å²) < 4.78 is 32.6. The minimum Gasteiger partial charge on any atom is -0.385 e. The molecule has 7 nitrogen and oxygen atoms in total. The highest BCUT2D eigenvalue weighted by atomic mass is 32.2. The normalized spacial score (nSPS) is 26.3. The number of carbonyl (C=O) groups is 1. The lowest BCUT2D eigenvalue weighted by Crippen LogP contribution is -2.55. The lowest BCUT2D eigenvalue weighted by Gasteiger charge is -2.46. The largest absolute Gasteiger partial charge is 0.385 e. The molecule has 27 heavy (non-hydrogen) atoms. The minimum absolute atomic E-state index is 0.248. The van der Waals surface area contributed by atoms with Crippen molar-refractivity contribution in [1.29, 1.82) is 0 Å². The molecule has 1 amide bonds. The molecule has 3 rings (SSSR count). The zero-order chi connectivity index (χ0) is 19.5. The molecule has 2 saturated heterocycles. The van der Waals surface area contributed by atoms with Gasteiger partial charge in [0, 0.05) is 39.4 Å². The van der Waals surface area contributed by atoms with Crippen molar-refractivity contribution in [1.82, 2.24) is 9.21 Å². The van der Waals surface area contributed by atoms with Crippen LogP contribution >= 0.6 is 11.3 Å². The van der Waals surface area contributed by atoms with Crippen molar-refractivity contribution in [3.05, 3.63) is 17.5 Å². The molecule has 2 aliphatic heterocycles. The van der Waals surface area contributed by atoms with Crippen molar-refractivity contribution in [3.63, 3.8) is 0 Å². The van der Waals surface area contributed by atoms with Crippen LogP contribution in [-0.4, -0.2) is 69.5 Å². The molecule has 0 radical (unpaired) electrons. The van der Waals surface area contributed by atoms with Gasteiger partial charge in [-0.05, 0) is 50.1 Å². The van der Waals surface area contributed by atoms with Gasteiger partial charge in [-0.1, -0.05) is 6.07 Å². The van der Waals surface area contributed by atoms with Gasteiger partial charge in [0.2, 0.25) is 5.91 Å². The van der Waals surface area contributed by atoms with Crippen LogP contribution in [0.5, 0.6) is 0 Å². The Bertz CT molecular complexity index is 730. The molecule has 0 spiro atoms. The second-order valence-electron chi connectivity index (χ2n) is 7.53. The van der Waals surface area contributed by atoms with Crippen molar-refractivity contribution in [2.24, 2.45) is 11.1 Å². The maximum Gasteiger partial charge on any atom is 0.252 e. The fourth-order valence-corrected chi connectivity index (χ4v) is 6.90. The number of ether oxygens (including phenoxy) is 1. The van der Waals surface area contributed by atoms with Crippen molar-refractivity contribution in [2.75, 3.05) is 39.9 Å². The van der Waals surface area contributed by atoms with E-state index in [4.69, 9.17) is 10.5 Å². The molecule has 0 saturated carbocycles. The maximum absolute atomic E-state index is 12.7. The smallest absolute Gasteiger partial charge is 0.252 e. The molecule has 3 heterocycles. The van der Waals surface area contributed by atoms with Crippen molar-refractivity contribution in [3.8, 4) is 0 Å². The van der Waals surface area contributed by atoms with Gasteiger partial charge >= 0.3 is 0 Å². The van der Waals surface area contributed by atoms with E-state index in [9.17, 15) is 13.2 Å². The van der Waals surface area contributed by atoms with E-state index in [1.54, 1.807) is 28.9 Å². The van der Waals surface area contributed by atoms with Crippen LogP contribution in [0.3, 0.4) is 0 Å². The molecule has 2 N–H and O–H groups in total. The first kappa shape index (κ1) is 20.7. The zero-order valence-electron chi connectivity index (χ0n) is 15.8. The van der Waals surface area contributed by atoms with Gasteiger partial charge in [0.15, 0.2) is 0 Å². The summed E-state index contributed by atoms with van der Waals surface area (Å²) in [6, 6.07) is 3.72. The fourth-order valence-electron chi connectivity index (χ4n) is 4.29. The summed E-state index contributed by atoms with van der Waals surface area (Å²) in [5.74, 6) is -0.248. The summed E-state index contributed by atoms with van der Waals surface area (Å²) in [6.45, 7) is 3.14. The predicted octanol–water partition coefficient (Wildman–Crippen LogP) is 1.51. The third-order valence-electron chi connectivity index (χ3n) is 5.94. The Balaban J connectivity index is 1.63. The van der Waals surface area contributed by atoms with Gasteiger partial charge in [0.1, 0.15) is 4.21 Å². The average molecular weight is 416 g/mol. The van der Waals surface area contributed by atoms with E-state index in [1.807, 2.05) is 0 Å². The third kappa shape index (κ3) is 4.37. The second kappa shape index (κ2) is 8.57. The Morgan fingerprint density at radius 1 is 1.37 bits per heavy atom. The van der Waals surface area contributed by atoms with E-state index >= 15 is 0 Å². The monoisotopic (exact) mass is 415 g/mol. The number of nitrogens with zero attached hydrogens (tertiary/aromatic N) is 2. The Labute approximate surface area is 165 Å². The van der Waals surface area contributed by atoms with Crippen LogP contribution in [0, 0.1) is 5.41 Å². The number of piperidine rings is 2. The molecule has 0 aliphatic carbocycles. The number of hydrogen-bond donors (Lipinski definition) is 1. The van der Waals surface area contributed by atoms with E-state index in [0.717, 1.165) is 32.2 Å². The lowest BCUT2D eigenvalue weighted by molar-refractivity contribution is -0.133. The van der Waals surface area contributed by atoms with Crippen LogP contribution in [0.15, 0.2) is 21.7 Å². The van der Waals surface area contributed by atoms with Gasteiger partial charge in [-0.2, -0.15) is 4.31 Å². The number of sulfonamides is 1. The topological polar surface area (TPSA) is 92.9 Å². The van der Waals surface area contributed by atoms with Gasteiger partial charge in [-0.25, -0.2) is 8.42 Å². The van der Waals surface area contributed by atoms with E-state index < -0.39 is 15.4 Å². The van der Waals surface area contributed by atoms with Crippen LogP contribution < -0.4 is 5.73 Å². The van der Waals surface area contributed by atoms with Gasteiger partial charge in [-0.15, -0.1) is 11.3 Å². The number of nitrogens with two attached hydrogens (primary N) is 1. The summed E-state index contributed by atoms with van der Waals surface area (Å²) in [5, 5.41) is 1.79. The summed E-state index contributed by atoms with van der Waals surface area (Å²) in [6.07, 6.45) is 3.93. The first-order chi connectivity index (χ1) is 12.9. The molecule has 152 valence electrons. The summed E-state index contributed by atoms with van der Waals surface area (Å²) in [4.78, 5) is 14.5. The fraction of sp³-hybridized carbons (Fsp3) is 0.722. The van der Waals surface area contributed by atoms with Gasteiger partial charge in [0.05, 0.1) is 5.41 Å². The molecule has 1 unspecified atom stereocenters. The van der Waals surface area contributed by atoms with Crippen molar-refractivity contribution in [2.45, 2.75) is 42.4 Å². The highest BCUT2D eigenvalue weighted by Gasteiger charge is 2.43. The maximum atomic E-state index is 12.7. The highest BCUT2D eigenvalue weighted by Crippen LogP contribution is 2.36. The minimum atomic E-state index is -3.38. The van der Waals surface area contributed by atoms with E-state index in [0.29, 0.717) is 42.9 Å². The number of amides is 1. The molecule has 2 fully saturated rings. The number of primary amides is 1. The lowest BCUT2D eigenvalue weighted by atomic mass is 9.76. The number of thiophene rings is 1. The second-order valence-corrected chi connectivity index (χ2v) is 10.6. The Morgan fingerprint density at radius 3 is 2.70 bits per heavy atom. The Morgan fingerprint density at radius 2 is 2.11 bits per heavy atom. The SMILES string of the molecule is COCCC1(C(N)=O)CCCN(C2CCN(S(=O)(=O)c3cccs3)CC2)C1. The van der Waals surface area contributed by atoms with Crippen LogP contribution in [0.4, 0.5) is 0 Å². The molecule has 1 aromatic heterocycles. The summed E-state index contributed by atoms with van der Waals surface area (Å²) in [7, 11) is -1.74. The molecule has 0 aromatic carbocycles. The average Bonchev–Trinajstić information content (AvgIpc) is 3.22. The van der Waals surface area contributed by atoms with Gasteiger partial charge in [0.25, 0.3) is 10.0 Å². The van der Waals surface area contributed by atoms with Gasteiger partial charge < -0.3 is 10.5 Å². The zero-order valence-corrected chi connectivity index (χ0v) is 17.4. The van der Waals surface area contributed by atoms with E-state index in [2.05, 4.69) is 4.90 Å². The molecule has 0 bridgehead atoms. The molecular formula is C18H29N3O4S2. The van der Waals surface area contributed by atoms with Crippen LogP contribution in [-0.2, 0) is 19.6 Å². The quantitative estimate of drug-likeness (QED) is 0.729. The summed E-state index contributed by atoms with van der Waals surface area (Å²) >= 11 is 1.26. The number of methoxy groups -OCH3 is 1. The van der Waals surface area contributed by atoms with Crippen LogP contribution in [0.25, 0.3) is 0 Å². The van der Waals surface area contributed by atoms with Gasteiger partial charge in [-0.3, -0.25) is 9.69 Å². The number of carbonyl (C=O) groups excluding carboxylic acids is 1. The van der Waals surface area contributed by atoms with Crippen molar-refractivity contribution >= 4 is 27.3 Å². The molecule has 1 aromatic rings. The molecule has 9 heteroatoms. The molecule has 2 aliphatic rings. The Kier molecular flexibility index (Phi) is 6.58. The number of rotatable bonds is 7. The van der Waals surface area contributed by atoms with E-state index in [1.165, 1.54) is 11.3 Å². The predicted molar refractivity (Wildman–Crippen MR) is 105 cm³/mol. The third-order valence-corrected chi connectivity index (χ3v) is 9.21. The van der Waals surface area contributed by atoms with Crippen molar-refractivity contribution < 1.29 is 17.9 Å². The summed E-state index contributed by atoms with van der Waals surface area (Å²) in [5.41, 5.74) is 5.23. The van der Waals surface area contributed by atoms with Crippen LogP contribution in [0.1, 0.15) is 32.1 Å². The standard InChI is InChI=1S/C18H29N3O4S2/c1-25-12-8-18(17(19)22)7-3-9-20(14-18)15-5-10-21(11-6-15)27(23,24)16-4-2-13-26-16/h2,4,13,15H,3,5-12,14H2,1H3,(H2,19,22). The molecular weight excluding hydrogens is 386 g/mol.